The fraction of sp³-hybridized carbons (Fsp3) is 0.917. The minimum atomic E-state index is 0.117. The van der Waals surface area contributed by atoms with Crippen molar-refractivity contribution >= 4 is 23.6 Å². The van der Waals surface area contributed by atoms with Crippen molar-refractivity contribution in [1.82, 2.24) is 10.2 Å². The number of thioether (sulfide) groups is 1. The summed E-state index contributed by atoms with van der Waals surface area (Å²) < 4.78 is 11.0. The summed E-state index contributed by atoms with van der Waals surface area (Å²) in [6.07, 6.45) is 6.60. The smallest absolute Gasteiger partial charge is 0.224 e. The number of carbonyl (C=O) groups excluding carboxylic acids is 2. The van der Waals surface area contributed by atoms with Crippen LogP contribution in [-0.2, 0) is 19.1 Å². The molecule has 0 unspecified atom stereocenters. The summed E-state index contributed by atoms with van der Waals surface area (Å²) in [7, 11) is 0. The molecule has 2 fully saturated rings. The van der Waals surface area contributed by atoms with Crippen LogP contribution in [0.2, 0.25) is 0 Å². The summed E-state index contributed by atoms with van der Waals surface area (Å²) >= 11 is 2.11. The van der Waals surface area contributed by atoms with Gasteiger partial charge in [-0.25, -0.2) is 0 Å². The van der Waals surface area contributed by atoms with Crippen LogP contribution < -0.4 is 5.32 Å². The fourth-order valence-corrected chi connectivity index (χ4v) is 5.93. The second-order valence-electron chi connectivity index (χ2n) is 9.34. The average Bonchev–Trinajstić information content (AvgIpc) is 3.08. The van der Waals surface area contributed by atoms with E-state index < -0.39 is 0 Å². The zero-order valence-corrected chi connectivity index (χ0v) is 20.7. The third-order valence-corrected chi connectivity index (χ3v) is 8.55. The molecule has 0 spiro atoms. The molecule has 2 amide bonds. The van der Waals surface area contributed by atoms with Crippen molar-refractivity contribution < 1.29 is 19.1 Å². The van der Waals surface area contributed by atoms with E-state index in [1.807, 2.05) is 4.90 Å². The molecule has 3 atom stereocenters. The van der Waals surface area contributed by atoms with E-state index in [-0.39, 0.29) is 11.8 Å². The number of nitrogens with zero attached hydrogens (tertiary/aromatic N) is 1. The summed E-state index contributed by atoms with van der Waals surface area (Å²) in [5.74, 6) is 3.96. The van der Waals surface area contributed by atoms with E-state index in [9.17, 15) is 9.59 Å². The molecule has 0 radical (unpaired) electrons. The molecule has 0 saturated carbocycles. The molecule has 0 aliphatic carbocycles. The Bertz CT molecular complexity index is 526. The summed E-state index contributed by atoms with van der Waals surface area (Å²) in [5.41, 5.74) is 0. The van der Waals surface area contributed by atoms with Gasteiger partial charge in [-0.05, 0) is 49.2 Å². The molecule has 2 saturated heterocycles. The number of nitrogens with one attached hydrogen (secondary N) is 1. The molecule has 7 heteroatoms. The Hall–Kier alpha value is -0.790. The Morgan fingerprint density at radius 1 is 0.968 bits per heavy atom. The topological polar surface area (TPSA) is 67.9 Å². The fourth-order valence-electron chi connectivity index (χ4n) is 4.17. The average molecular weight is 457 g/mol. The zero-order chi connectivity index (χ0) is 22.5. The van der Waals surface area contributed by atoms with Crippen molar-refractivity contribution in [3.63, 3.8) is 0 Å². The molecule has 180 valence electrons. The van der Waals surface area contributed by atoms with Gasteiger partial charge in [0.2, 0.25) is 11.8 Å². The number of likely N-dealkylation sites (tertiary alicyclic amines) is 1. The summed E-state index contributed by atoms with van der Waals surface area (Å²) in [4.78, 5) is 26.0. The SMILES string of the molecule is CC1CCN(C(=O)CCOCCOCCNC(=O)CCCC[C@@H]2SC[C@H](C)[C@@H]2C)CC1. The van der Waals surface area contributed by atoms with E-state index in [0.717, 1.165) is 61.8 Å². The van der Waals surface area contributed by atoms with Gasteiger partial charge in [-0.15, -0.1) is 0 Å². The molecule has 2 rings (SSSR count). The summed E-state index contributed by atoms with van der Waals surface area (Å²) in [6, 6.07) is 0. The van der Waals surface area contributed by atoms with E-state index >= 15 is 0 Å². The van der Waals surface area contributed by atoms with E-state index in [2.05, 4.69) is 37.8 Å². The number of piperidine rings is 1. The summed E-state index contributed by atoms with van der Waals surface area (Å²) in [5, 5.41) is 3.70. The van der Waals surface area contributed by atoms with Crippen molar-refractivity contribution in [1.29, 1.82) is 0 Å². The number of ether oxygens (including phenoxy) is 2. The first-order chi connectivity index (χ1) is 15.0. The molecule has 0 aromatic carbocycles. The van der Waals surface area contributed by atoms with Crippen LogP contribution >= 0.6 is 11.8 Å². The predicted molar refractivity (Wildman–Crippen MR) is 127 cm³/mol. The number of hydrogen-bond acceptors (Lipinski definition) is 5. The van der Waals surface area contributed by atoms with Crippen LogP contribution in [0.15, 0.2) is 0 Å². The van der Waals surface area contributed by atoms with Gasteiger partial charge in [0.05, 0.1) is 32.8 Å². The number of rotatable bonds is 14. The molecular formula is C24H44N2O4S. The Balaban J connectivity index is 1.33. The van der Waals surface area contributed by atoms with Gasteiger partial charge in [-0.3, -0.25) is 9.59 Å². The van der Waals surface area contributed by atoms with Crippen LogP contribution in [0.4, 0.5) is 0 Å². The first-order valence-corrected chi connectivity index (χ1v) is 13.3. The second kappa shape index (κ2) is 15.1. The minimum Gasteiger partial charge on any atom is -0.379 e. The molecule has 2 heterocycles. The number of carbonyl (C=O) groups is 2. The van der Waals surface area contributed by atoms with Crippen molar-refractivity contribution in [3.8, 4) is 0 Å². The maximum Gasteiger partial charge on any atom is 0.224 e. The second-order valence-corrected chi connectivity index (χ2v) is 10.6. The van der Waals surface area contributed by atoms with E-state index in [0.29, 0.717) is 45.8 Å². The zero-order valence-electron chi connectivity index (χ0n) is 19.9. The molecule has 6 nitrogen and oxygen atoms in total. The highest BCUT2D eigenvalue weighted by molar-refractivity contribution is 8.00. The lowest BCUT2D eigenvalue weighted by molar-refractivity contribution is -0.133. The first kappa shape index (κ1) is 26.5. The third kappa shape index (κ3) is 10.6. The normalized spacial score (nSPS) is 24.5. The highest BCUT2D eigenvalue weighted by Gasteiger charge is 2.29. The maximum absolute atomic E-state index is 12.1. The maximum atomic E-state index is 12.1. The standard InChI is InChI=1S/C24H44N2O4S/c1-19-8-12-26(13-9-19)24(28)10-14-29-16-17-30-15-11-25-23(27)7-5-4-6-22-21(3)20(2)18-31-22/h19-22H,4-18H2,1-3H3,(H,25,27)/t20-,21-,22-/m0/s1. The Morgan fingerprint density at radius 3 is 2.35 bits per heavy atom. The third-order valence-electron chi connectivity index (χ3n) is 6.74. The van der Waals surface area contributed by atoms with E-state index in [1.165, 1.54) is 12.2 Å². The van der Waals surface area contributed by atoms with Gasteiger partial charge < -0.3 is 19.7 Å². The van der Waals surface area contributed by atoms with Crippen LogP contribution in [0.3, 0.4) is 0 Å². The van der Waals surface area contributed by atoms with Gasteiger partial charge in [-0.2, -0.15) is 11.8 Å². The van der Waals surface area contributed by atoms with Crippen molar-refractivity contribution in [3.05, 3.63) is 0 Å². The van der Waals surface area contributed by atoms with Crippen LogP contribution in [0.5, 0.6) is 0 Å². The van der Waals surface area contributed by atoms with Gasteiger partial charge >= 0.3 is 0 Å². The largest absolute Gasteiger partial charge is 0.379 e. The van der Waals surface area contributed by atoms with Crippen LogP contribution in [0, 0.1) is 17.8 Å². The van der Waals surface area contributed by atoms with Gasteiger partial charge in [0.25, 0.3) is 0 Å². The van der Waals surface area contributed by atoms with Gasteiger partial charge in [-0.1, -0.05) is 27.2 Å². The molecule has 31 heavy (non-hydrogen) atoms. The Labute approximate surface area is 193 Å². The summed E-state index contributed by atoms with van der Waals surface area (Å²) in [6.45, 7) is 11.2. The van der Waals surface area contributed by atoms with Gasteiger partial charge in [0.1, 0.15) is 0 Å². The Morgan fingerprint density at radius 2 is 1.68 bits per heavy atom. The van der Waals surface area contributed by atoms with Gasteiger partial charge in [0.15, 0.2) is 0 Å². The molecule has 0 aromatic heterocycles. The molecule has 0 aromatic rings. The van der Waals surface area contributed by atoms with E-state index in [1.54, 1.807) is 0 Å². The van der Waals surface area contributed by atoms with Crippen LogP contribution in [0.25, 0.3) is 0 Å². The Kier molecular flexibility index (Phi) is 12.9. The predicted octanol–water partition coefficient (Wildman–Crippen LogP) is 3.73. The van der Waals surface area contributed by atoms with Crippen molar-refractivity contribution in [2.24, 2.45) is 17.8 Å². The molecule has 2 aliphatic heterocycles. The number of unbranched alkanes of at least 4 members (excludes halogenated alkanes) is 1. The highest BCUT2D eigenvalue weighted by atomic mass is 32.2. The molecular weight excluding hydrogens is 412 g/mol. The number of hydrogen-bond donors (Lipinski definition) is 1. The lowest BCUT2D eigenvalue weighted by Gasteiger charge is -2.30. The minimum absolute atomic E-state index is 0.117. The first-order valence-electron chi connectivity index (χ1n) is 12.3. The lowest BCUT2D eigenvalue weighted by Crippen LogP contribution is -2.38. The quantitative estimate of drug-likeness (QED) is 0.403. The van der Waals surface area contributed by atoms with Crippen molar-refractivity contribution in [2.75, 3.05) is 51.8 Å². The molecule has 1 N–H and O–H groups in total. The highest BCUT2D eigenvalue weighted by Crippen LogP contribution is 2.39. The number of amides is 2. The molecule has 0 bridgehead atoms. The van der Waals surface area contributed by atoms with E-state index in [4.69, 9.17) is 9.47 Å². The van der Waals surface area contributed by atoms with Gasteiger partial charge in [0, 0.05) is 31.3 Å². The van der Waals surface area contributed by atoms with Crippen LogP contribution in [-0.4, -0.2) is 73.8 Å². The lowest BCUT2D eigenvalue weighted by atomic mass is 9.92. The van der Waals surface area contributed by atoms with Crippen molar-refractivity contribution in [2.45, 2.75) is 71.0 Å². The monoisotopic (exact) mass is 456 g/mol. The molecule has 2 aliphatic rings. The van der Waals surface area contributed by atoms with Crippen LogP contribution in [0.1, 0.15) is 65.7 Å².